The molecule has 0 atom stereocenters. The molecule has 0 aliphatic carbocycles. The number of aromatic nitrogens is 1. The third-order valence-electron chi connectivity index (χ3n) is 6.18. The van der Waals surface area contributed by atoms with Gasteiger partial charge in [-0.15, -0.1) is 0 Å². The van der Waals surface area contributed by atoms with Gasteiger partial charge in [0.25, 0.3) is 0 Å². The van der Waals surface area contributed by atoms with Crippen molar-refractivity contribution in [2.75, 3.05) is 33.9 Å². The summed E-state index contributed by atoms with van der Waals surface area (Å²) in [7, 11) is 3.30. The van der Waals surface area contributed by atoms with Crippen LogP contribution in [0.5, 0.6) is 11.5 Å². The highest BCUT2D eigenvalue weighted by Gasteiger charge is 2.25. The summed E-state index contributed by atoms with van der Waals surface area (Å²) in [6.45, 7) is 3.38. The van der Waals surface area contributed by atoms with E-state index in [1.165, 1.54) is 16.5 Å². The number of carbonyl (C=O) groups excluding carboxylic acids is 1. The highest BCUT2D eigenvalue weighted by molar-refractivity contribution is 5.83. The molecule has 164 valence electrons. The lowest BCUT2D eigenvalue weighted by Crippen LogP contribution is -2.40. The number of H-pyrrole nitrogens is 1. The Morgan fingerprint density at radius 3 is 2.65 bits per heavy atom. The summed E-state index contributed by atoms with van der Waals surface area (Å²) >= 11 is 0. The van der Waals surface area contributed by atoms with Crippen molar-refractivity contribution in [3.05, 3.63) is 59.8 Å². The van der Waals surface area contributed by atoms with Crippen LogP contribution in [0.15, 0.2) is 48.7 Å². The topological polar surface area (TPSA) is 66.6 Å². The van der Waals surface area contributed by atoms with Gasteiger partial charge in [0.2, 0.25) is 5.91 Å². The second-order valence-electron chi connectivity index (χ2n) is 8.14. The number of nitrogens with zero attached hydrogens (tertiary/aromatic N) is 1. The summed E-state index contributed by atoms with van der Waals surface area (Å²) in [6.07, 6.45) is 4.68. The first-order valence-electron chi connectivity index (χ1n) is 10.9. The van der Waals surface area contributed by atoms with Crippen LogP contribution < -0.4 is 14.8 Å². The molecule has 1 aliphatic rings. The number of carbonyl (C=O) groups is 1. The molecular weight excluding hydrogens is 390 g/mol. The fourth-order valence-electron chi connectivity index (χ4n) is 4.39. The predicted molar refractivity (Wildman–Crippen MR) is 123 cm³/mol. The molecule has 2 aromatic carbocycles. The maximum absolute atomic E-state index is 12.6. The zero-order valence-electron chi connectivity index (χ0n) is 18.3. The van der Waals surface area contributed by atoms with Gasteiger partial charge >= 0.3 is 0 Å². The number of para-hydroxylation sites is 1. The molecule has 0 saturated carbocycles. The van der Waals surface area contributed by atoms with E-state index in [1.54, 1.807) is 14.2 Å². The van der Waals surface area contributed by atoms with Crippen LogP contribution in [0.2, 0.25) is 0 Å². The second kappa shape index (κ2) is 9.88. The van der Waals surface area contributed by atoms with Crippen molar-refractivity contribution < 1.29 is 14.3 Å². The minimum atomic E-state index is 0.102. The smallest absolute Gasteiger partial charge is 0.223 e. The van der Waals surface area contributed by atoms with E-state index < -0.39 is 0 Å². The predicted octanol–water partition coefficient (Wildman–Crippen LogP) is 3.76. The highest BCUT2D eigenvalue weighted by Crippen LogP contribution is 2.29. The summed E-state index contributed by atoms with van der Waals surface area (Å²) in [4.78, 5) is 18.3. The van der Waals surface area contributed by atoms with Crippen LogP contribution >= 0.6 is 0 Å². The Hall–Kier alpha value is -2.99. The number of methoxy groups -OCH3 is 2. The molecule has 0 radical (unpaired) electrons. The van der Waals surface area contributed by atoms with E-state index >= 15 is 0 Å². The Kier molecular flexibility index (Phi) is 6.77. The molecule has 6 heteroatoms. The molecule has 0 spiro atoms. The molecule has 2 N–H and O–H groups in total. The molecule has 0 unspecified atom stereocenters. The number of fused-ring (bicyclic) bond motifs is 1. The van der Waals surface area contributed by atoms with Crippen LogP contribution in [0.1, 0.15) is 24.0 Å². The average molecular weight is 422 g/mol. The quantitative estimate of drug-likeness (QED) is 0.581. The average Bonchev–Trinajstić information content (AvgIpc) is 3.22. The third kappa shape index (κ3) is 5.02. The lowest BCUT2D eigenvalue weighted by Gasteiger charge is -2.31. The molecule has 31 heavy (non-hydrogen) atoms. The summed E-state index contributed by atoms with van der Waals surface area (Å²) in [6, 6.07) is 14.3. The van der Waals surface area contributed by atoms with Crippen molar-refractivity contribution in [1.82, 2.24) is 15.2 Å². The zero-order chi connectivity index (χ0) is 21.6. The molecule has 1 aromatic heterocycles. The van der Waals surface area contributed by atoms with E-state index in [2.05, 4.69) is 33.4 Å². The van der Waals surface area contributed by atoms with Crippen LogP contribution in [0, 0.1) is 5.92 Å². The Balaban J connectivity index is 1.22. The first-order chi connectivity index (χ1) is 15.2. The van der Waals surface area contributed by atoms with E-state index in [-0.39, 0.29) is 11.8 Å². The summed E-state index contributed by atoms with van der Waals surface area (Å²) in [5, 5.41) is 4.38. The molecule has 6 nitrogen and oxygen atoms in total. The molecule has 1 amide bonds. The SMILES string of the molecule is COc1ccc(CN2CCC(C(=O)NCCc3c[nH]c4ccccc34)CC2)cc1OC. The lowest BCUT2D eigenvalue weighted by atomic mass is 9.95. The van der Waals surface area contributed by atoms with Crippen LogP contribution in [-0.4, -0.2) is 49.6 Å². The first-order valence-corrected chi connectivity index (χ1v) is 10.9. The molecule has 0 bridgehead atoms. The molecular formula is C25H31N3O3. The highest BCUT2D eigenvalue weighted by atomic mass is 16.5. The molecule has 4 rings (SSSR count). The van der Waals surface area contributed by atoms with Crippen molar-refractivity contribution >= 4 is 16.8 Å². The summed E-state index contributed by atoms with van der Waals surface area (Å²) in [5.74, 6) is 1.79. The molecule has 1 saturated heterocycles. The van der Waals surface area contributed by atoms with Gasteiger partial charge in [-0.1, -0.05) is 24.3 Å². The van der Waals surface area contributed by atoms with Gasteiger partial charge in [-0.3, -0.25) is 9.69 Å². The van der Waals surface area contributed by atoms with E-state index in [0.717, 1.165) is 55.9 Å². The minimum absolute atomic E-state index is 0.102. The largest absolute Gasteiger partial charge is 0.493 e. The normalized spacial score (nSPS) is 15.2. The fraction of sp³-hybridized carbons (Fsp3) is 0.400. The van der Waals surface area contributed by atoms with Crippen LogP contribution in [0.4, 0.5) is 0 Å². The zero-order valence-corrected chi connectivity index (χ0v) is 18.3. The Morgan fingerprint density at radius 1 is 1.10 bits per heavy atom. The Labute approximate surface area is 183 Å². The summed E-state index contributed by atoms with van der Waals surface area (Å²) in [5.41, 5.74) is 3.59. The van der Waals surface area contributed by atoms with Crippen molar-refractivity contribution in [3.63, 3.8) is 0 Å². The molecule has 1 fully saturated rings. The third-order valence-corrected chi connectivity index (χ3v) is 6.18. The number of amides is 1. The van der Waals surface area contributed by atoms with Gasteiger partial charge in [-0.2, -0.15) is 0 Å². The van der Waals surface area contributed by atoms with Crippen molar-refractivity contribution in [3.8, 4) is 11.5 Å². The maximum atomic E-state index is 12.6. The van der Waals surface area contributed by atoms with Crippen molar-refractivity contribution in [2.45, 2.75) is 25.8 Å². The van der Waals surface area contributed by atoms with Gasteiger partial charge in [-0.25, -0.2) is 0 Å². The maximum Gasteiger partial charge on any atom is 0.223 e. The first kappa shape index (κ1) is 21.2. The van der Waals surface area contributed by atoms with Crippen LogP contribution in [-0.2, 0) is 17.8 Å². The summed E-state index contributed by atoms with van der Waals surface area (Å²) < 4.78 is 10.7. The van der Waals surface area contributed by atoms with E-state index in [1.807, 2.05) is 30.5 Å². The second-order valence-corrected chi connectivity index (χ2v) is 8.14. The van der Waals surface area contributed by atoms with E-state index in [0.29, 0.717) is 6.54 Å². The van der Waals surface area contributed by atoms with Gasteiger partial charge in [0.1, 0.15) is 0 Å². The Bertz CT molecular complexity index is 1020. The number of rotatable bonds is 8. The van der Waals surface area contributed by atoms with Crippen molar-refractivity contribution in [1.29, 1.82) is 0 Å². The van der Waals surface area contributed by atoms with Crippen LogP contribution in [0.3, 0.4) is 0 Å². The molecule has 3 aromatic rings. The van der Waals surface area contributed by atoms with Gasteiger partial charge in [0, 0.05) is 36.1 Å². The minimum Gasteiger partial charge on any atom is -0.493 e. The Morgan fingerprint density at radius 2 is 1.87 bits per heavy atom. The van der Waals surface area contributed by atoms with Gasteiger partial charge < -0.3 is 19.8 Å². The number of likely N-dealkylation sites (tertiary alicyclic amines) is 1. The fourth-order valence-corrected chi connectivity index (χ4v) is 4.39. The number of hydrogen-bond donors (Lipinski definition) is 2. The van der Waals surface area contributed by atoms with Gasteiger partial charge in [-0.05, 0) is 61.7 Å². The van der Waals surface area contributed by atoms with Gasteiger partial charge in [0.15, 0.2) is 11.5 Å². The number of piperidine rings is 1. The number of ether oxygens (including phenoxy) is 2. The monoisotopic (exact) mass is 421 g/mol. The number of hydrogen-bond acceptors (Lipinski definition) is 4. The standard InChI is InChI=1S/C25H31N3O3/c1-30-23-8-7-18(15-24(23)31-2)17-28-13-10-19(11-14-28)25(29)26-12-9-20-16-27-22-6-4-3-5-21(20)22/h3-8,15-16,19,27H,9-14,17H2,1-2H3,(H,26,29). The van der Waals surface area contributed by atoms with Crippen LogP contribution in [0.25, 0.3) is 10.9 Å². The molecule has 2 heterocycles. The number of benzene rings is 2. The van der Waals surface area contributed by atoms with E-state index in [4.69, 9.17) is 9.47 Å². The van der Waals surface area contributed by atoms with E-state index in [9.17, 15) is 4.79 Å². The number of nitrogens with one attached hydrogen (secondary N) is 2. The lowest BCUT2D eigenvalue weighted by molar-refractivity contribution is -0.126. The van der Waals surface area contributed by atoms with Crippen molar-refractivity contribution in [2.24, 2.45) is 5.92 Å². The number of aromatic amines is 1. The molecule has 1 aliphatic heterocycles. The van der Waals surface area contributed by atoms with Gasteiger partial charge in [0.05, 0.1) is 14.2 Å².